The van der Waals surface area contributed by atoms with Gasteiger partial charge < -0.3 is 19.7 Å². The molecule has 3 amide bonds. The maximum atomic E-state index is 13.5. The molecule has 1 saturated carbocycles. The summed E-state index contributed by atoms with van der Waals surface area (Å²) in [7, 11) is 1.96. The number of urea groups is 1. The lowest BCUT2D eigenvalue weighted by Crippen LogP contribution is -2.50. The van der Waals surface area contributed by atoms with E-state index in [1.165, 1.54) is 24.3 Å². The van der Waals surface area contributed by atoms with Gasteiger partial charge in [-0.3, -0.25) is 14.9 Å². The van der Waals surface area contributed by atoms with Crippen LogP contribution in [0.1, 0.15) is 51.6 Å². The van der Waals surface area contributed by atoms with Crippen LogP contribution < -0.4 is 5.32 Å². The molecule has 0 radical (unpaired) electrons. The fourth-order valence-corrected chi connectivity index (χ4v) is 4.42. The molecule has 3 rings (SSSR count). The molecule has 0 atom stereocenters. The van der Waals surface area contributed by atoms with E-state index in [4.69, 9.17) is 0 Å². The van der Waals surface area contributed by atoms with E-state index in [0.29, 0.717) is 24.7 Å². The lowest BCUT2D eigenvalue weighted by Gasteiger charge is -2.35. The van der Waals surface area contributed by atoms with Crippen molar-refractivity contribution < 1.29 is 14.5 Å². The smallest absolute Gasteiger partial charge is 0.322 e. The Kier molecular flexibility index (Phi) is 8.67. The molecule has 1 aliphatic rings. The number of benzene rings is 1. The summed E-state index contributed by atoms with van der Waals surface area (Å²) in [5, 5.41) is 13.7. The monoisotopic (exact) mass is 469 g/mol. The molecule has 1 aliphatic carbocycles. The maximum absolute atomic E-state index is 13.5. The third kappa shape index (κ3) is 6.82. The van der Waals surface area contributed by atoms with Gasteiger partial charge in [0.25, 0.3) is 5.69 Å². The molecular weight excluding hydrogens is 434 g/mol. The van der Waals surface area contributed by atoms with Crippen LogP contribution in [0.15, 0.2) is 42.6 Å². The van der Waals surface area contributed by atoms with Crippen LogP contribution in [0.25, 0.3) is 0 Å². The first-order chi connectivity index (χ1) is 16.2. The average Bonchev–Trinajstić information content (AvgIpc) is 3.21. The van der Waals surface area contributed by atoms with Crippen molar-refractivity contribution in [2.24, 2.45) is 13.0 Å². The van der Waals surface area contributed by atoms with Gasteiger partial charge in [0.05, 0.1) is 11.5 Å². The van der Waals surface area contributed by atoms with Crippen molar-refractivity contribution in [3.63, 3.8) is 0 Å². The third-order valence-corrected chi connectivity index (χ3v) is 6.25. The van der Waals surface area contributed by atoms with Crippen LogP contribution in [0.2, 0.25) is 0 Å². The quantitative estimate of drug-likeness (QED) is 0.422. The molecule has 0 saturated heterocycles. The van der Waals surface area contributed by atoms with Gasteiger partial charge >= 0.3 is 6.03 Å². The fourth-order valence-electron chi connectivity index (χ4n) is 4.42. The molecular formula is C25H35N5O4. The van der Waals surface area contributed by atoms with Crippen LogP contribution in [-0.4, -0.2) is 50.4 Å². The third-order valence-electron chi connectivity index (χ3n) is 6.25. The van der Waals surface area contributed by atoms with E-state index in [-0.39, 0.29) is 30.2 Å². The minimum Gasteiger partial charge on any atom is -0.353 e. The molecule has 1 heterocycles. The Morgan fingerprint density at radius 1 is 1.15 bits per heavy atom. The Morgan fingerprint density at radius 3 is 2.38 bits per heavy atom. The molecule has 184 valence electrons. The van der Waals surface area contributed by atoms with Gasteiger partial charge in [-0.15, -0.1) is 0 Å². The summed E-state index contributed by atoms with van der Waals surface area (Å²) < 4.78 is 2.00. The molecule has 0 spiro atoms. The molecule has 0 aliphatic heterocycles. The van der Waals surface area contributed by atoms with Crippen LogP contribution in [0.5, 0.6) is 0 Å². The van der Waals surface area contributed by atoms with Crippen molar-refractivity contribution in [1.82, 2.24) is 14.4 Å². The van der Waals surface area contributed by atoms with E-state index >= 15 is 0 Å². The average molecular weight is 470 g/mol. The number of nitro groups is 1. The number of aromatic nitrogens is 1. The molecule has 34 heavy (non-hydrogen) atoms. The van der Waals surface area contributed by atoms with E-state index in [9.17, 15) is 19.7 Å². The van der Waals surface area contributed by atoms with Crippen LogP contribution in [0, 0.1) is 16.0 Å². The van der Waals surface area contributed by atoms with Crippen molar-refractivity contribution >= 4 is 23.3 Å². The largest absolute Gasteiger partial charge is 0.353 e. The zero-order valence-electron chi connectivity index (χ0n) is 20.3. The number of nitro benzene ring substituents is 1. The van der Waals surface area contributed by atoms with Crippen LogP contribution in [-0.2, 0) is 18.4 Å². The highest BCUT2D eigenvalue weighted by atomic mass is 16.6. The second-order valence-electron chi connectivity index (χ2n) is 9.43. The van der Waals surface area contributed by atoms with Gasteiger partial charge in [-0.2, -0.15) is 0 Å². The molecule has 2 aromatic rings. The summed E-state index contributed by atoms with van der Waals surface area (Å²) in [5.41, 5.74) is 1.46. The molecule has 1 aromatic carbocycles. The number of aryl methyl sites for hydroxylation is 1. The standard InChI is InChI=1S/C25H35N5O4/c1-19(2)16-28(17-23-10-7-15-27(23)3)24(31)18-29(21-8-5-4-6-9-21)25(32)26-20-11-13-22(14-12-20)30(33)34/h7,10-15,19,21H,4-6,8-9,16-18H2,1-3H3,(H,26,32). The van der Waals surface area contributed by atoms with Crippen molar-refractivity contribution in [2.45, 2.75) is 58.5 Å². The fraction of sp³-hybridized carbons (Fsp3) is 0.520. The highest BCUT2D eigenvalue weighted by Gasteiger charge is 2.29. The number of hydrogen-bond donors (Lipinski definition) is 1. The Hall–Kier alpha value is -3.36. The SMILES string of the molecule is CC(C)CN(Cc1cccn1C)C(=O)CN(C(=O)Nc1ccc([N+](=O)[O-])cc1)C1CCCCC1. The number of nitrogens with zero attached hydrogens (tertiary/aromatic N) is 4. The lowest BCUT2D eigenvalue weighted by molar-refractivity contribution is -0.384. The van der Waals surface area contributed by atoms with Gasteiger partial charge in [0, 0.05) is 49.3 Å². The normalized spacial score (nSPS) is 14.1. The molecule has 9 nitrogen and oxygen atoms in total. The lowest BCUT2D eigenvalue weighted by atomic mass is 9.94. The minimum absolute atomic E-state index is 0.000619. The van der Waals surface area contributed by atoms with Crippen LogP contribution in [0.4, 0.5) is 16.2 Å². The summed E-state index contributed by atoms with van der Waals surface area (Å²) in [6.07, 6.45) is 6.87. The van der Waals surface area contributed by atoms with Gasteiger partial charge in [-0.25, -0.2) is 4.79 Å². The predicted molar refractivity (Wildman–Crippen MR) is 131 cm³/mol. The summed E-state index contributed by atoms with van der Waals surface area (Å²) in [6.45, 7) is 5.24. The van der Waals surface area contributed by atoms with E-state index < -0.39 is 4.92 Å². The number of amides is 3. The summed E-state index contributed by atoms with van der Waals surface area (Å²) >= 11 is 0. The van der Waals surface area contributed by atoms with Crippen molar-refractivity contribution in [2.75, 3.05) is 18.4 Å². The topological polar surface area (TPSA) is 101 Å². The van der Waals surface area contributed by atoms with Gasteiger partial charge in [-0.1, -0.05) is 33.1 Å². The first-order valence-corrected chi connectivity index (χ1v) is 11.9. The van der Waals surface area contributed by atoms with Crippen molar-refractivity contribution in [1.29, 1.82) is 0 Å². The molecule has 1 aromatic heterocycles. The zero-order valence-corrected chi connectivity index (χ0v) is 20.3. The number of rotatable bonds is 9. The molecule has 0 bridgehead atoms. The predicted octanol–water partition coefficient (Wildman–Crippen LogP) is 4.78. The van der Waals surface area contributed by atoms with Crippen molar-refractivity contribution in [3.8, 4) is 0 Å². The Labute approximate surface area is 200 Å². The van der Waals surface area contributed by atoms with Gasteiger partial charge in [0.1, 0.15) is 6.54 Å². The maximum Gasteiger partial charge on any atom is 0.322 e. The summed E-state index contributed by atoms with van der Waals surface area (Å²) in [4.78, 5) is 40.7. The van der Waals surface area contributed by atoms with Crippen molar-refractivity contribution in [3.05, 3.63) is 58.4 Å². The number of anilines is 1. The van der Waals surface area contributed by atoms with E-state index in [1.54, 1.807) is 4.90 Å². The highest BCUT2D eigenvalue weighted by Crippen LogP contribution is 2.24. The number of nitrogens with one attached hydrogen (secondary N) is 1. The summed E-state index contributed by atoms with van der Waals surface area (Å²) in [5.74, 6) is 0.209. The molecule has 1 fully saturated rings. The Balaban J connectivity index is 1.76. The second kappa shape index (κ2) is 11.7. The molecule has 0 unspecified atom stereocenters. The van der Waals surface area contributed by atoms with Crippen LogP contribution in [0.3, 0.4) is 0 Å². The van der Waals surface area contributed by atoms with Gasteiger partial charge in [-0.05, 0) is 43.0 Å². The Bertz CT molecular complexity index is 979. The number of non-ortho nitro benzene ring substituents is 1. The molecule has 9 heteroatoms. The van der Waals surface area contributed by atoms with Crippen LogP contribution >= 0.6 is 0 Å². The minimum atomic E-state index is -0.478. The Morgan fingerprint density at radius 2 is 1.82 bits per heavy atom. The van der Waals surface area contributed by atoms with Gasteiger partial charge in [0.2, 0.25) is 5.91 Å². The van der Waals surface area contributed by atoms with E-state index in [0.717, 1.165) is 37.8 Å². The number of carbonyl (C=O) groups excluding carboxylic acids is 2. The first-order valence-electron chi connectivity index (χ1n) is 11.9. The number of carbonyl (C=O) groups is 2. The van der Waals surface area contributed by atoms with Gasteiger partial charge in [0.15, 0.2) is 0 Å². The highest BCUT2D eigenvalue weighted by molar-refractivity contribution is 5.92. The first kappa shape index (κ1) is 25.3. The zero-order chi connectivity index (χ0) is 24.7. The van der Waals surface area contributed by atoms with E-state index in [1.807, 2.05) is 34.8 Å². The second-order valence-corrected chi connectivity index (χ2v) is 9.43. The number of hydrogen-bond acceptors (Lipinski definition) is 4. The summed E-state index contributed by atoms with van der Waals surface area (Å²) in [6, 6.07) is 9.34. The molecule has 1 N–H and O–H groups in total. The van der Waals surface area contributed by atoms with E-state index in [2.05, 4.69) is 19.2 Å².